The highest BCUT2D eigenvalue weighted by Gasteiger charge is 2.31. The van der Waals surface area contributed by atoms with Gasteiger partial charge in [0.2, 0.25) is 10.0 Å². The summed E-state index contributed by atoms with van der Waals surface area (Å²) in [7, 11) is -1.52. The second-order valence-electron chi connectivity index (χ2n) is 7.22. The van der Waals surface area contributed by atoms with Crippen LogP contribution >= 0.6 is 0 Å². The quantitative estimate of drug-likeness (QED) is 0.848. The molecular formula is C18H28N4O3S. The lowest BCUT2D eigenvalue weighted by molar-refractivity contribution is 0.0662. The van der Waals surface area contributed by atoms with Crippen LogP contribution in [0.25, 0.3) is 0 Å². The normalized spacial score (nSPS) is 23.7. The number of rotatable bonds is 4. The molecule has 0 aromatic heterocycles. The van der Waals surface area contributed by atoms with E-state index in [-0.39, 0.29) is 16.8 Å². The Labute approximate surface area is 156 Å². The summed E-state index contributed by atoms with van der Waals surface area (Å²) in [6.45, 7) is 5.78. The summed E-state index contributed by atoms with van der Waals surface area (Å²) >= 11 is 0. The summed E-state index contributed by atoms with van der Waals surface area (Å²) in [6, 6.07) is 6.35. The van der Waals surface area contributed by atoms with E-state index in [2.05, 4.69) is 17.4 Å². The molecule has 1 amide bonds. The van der Waals surface area contributed by atoms with Gasteiger partial charge in [-0.2, -0.15) is 4.31 Å². The Morgan fingerprint density at radius 2 is 1.85 bits per heavy atom. The van der Waals surface area contributed by atoms with Crippen LogP contribution in [0, 0.1) is 0 Å². The molecule has 0 saturated carbocycles. The van der Waals surface area contributed by atoms with Gasteiger partial charge in [0.15, 0.2) is 0 Å². The third-order valence-corrected chi connectivity index (χ3v) is 7.22. The third-order valence-electron chi connectivity index (χ3n) is 5.21. The highest BCUT2D eigenvalue weighted by molar-refractivity contribution is 7.89. The zero-order chi connectivity index (χ0) is 18.7. The van der Waals surface area contributed by atoms with Crippen LogP contribution in [0.2, 0.25) is 0 Å². The monoisotopic (exact) mass is 380 g/mol. The molecule has 1 aromatic rings. The van der Waals surface area contributed by atoms with E-state index >= 15 is 0 Å². The molecule has 0 spiro atoms. The molecule has 7 nitrogen and oxygen atoms in total. The van der Waals surface area contributed by atoms with E-state index in [0.29, 0.717) is 12.1 Å². The van der Waals surface area contributed by atoms with Crippen molar-refractivity contribution in [1.29, 1.82) is 0 Å². The van der Waals surface area contributed by atoms with Crippen molar-refractivity contribution >= 4 is 15.9 Å². The Kier molecular flexibility index (Phi) is 5.96. The SMILES string of the molecule is C[C@@H]1CCCCN1S(=O)(=O)c1cccc(C(=O)NN2CCN(C)CC2)c1. The lowest BCUT2D eigenvalue weighted by Gasteiger charge is -2.33. The molecule has 0 radical (unpaired) electrons. The molecule has 8 heteroatoms. The van der Waals surface area contributed by atoms with Crippen LogP contribution in [-0.4, -0.2) is 74.4 Å². The minimum absolute atomic E-state index is 0.00317. The van der Waals surface area contributed by atoms with Crippen LogP contribution in [-0.2, 0) is 10.0 Å². The zero-order valence-corrected chi connectivity index (χ0v) is 16.3. The highest BCUT2D eigenvalue weighted by Crippen LogP contribution is 2.25. The number of sulfonamides is 1. The van der Waals surface area contributed by atoms with E-state index in [4.69, 9.17) is 0 Å². The minimum Gasteiger partial charge on any atom is -0.304 e. The van der Waals surface area contributed by atoms with E-state index in [0.717, 1.165) is 45.4 Å². The Morgan fingerprint density at radius 3 is 2.54 bits per heavy atom. The first-order chi connectivity index (χ1) is 12.4. The van der Waals surface area contributed by atoms with E-state index in [9.17, 15) is 13.2 Å². The van der Waals surface area contributed by atoms with Gasteiger partial charge in [-0.15, -0.1) is 0 Å². The van der Waals surface area contributed by atoms with Crippen molar-refractivity contribution in [2.75, 3.05) is 39.8 Å². The molecule has 3 rings (SSSR count). The molecule has 26 heavy (non-hydrogen) atoms. The predicted octanol–water partition coefficient (Wildman–Crippen LogP) is 1.14. The fourth-order valence-electron chi connectivity index (χ4n) is 3.49. The van der Waals surface area contributed by atoms with Gasteiger partial charge < -0.3 is 4.90 Å². The number of piperazine rings is 1. The fourth-order valence-corrected chi connectivity index (χ4v) is 5.23. The molecule has 2 fully saturated rings. The summed E-state index contributed by atoms with van der Waals surface area (Å²) in [4.78, 5) is 14.9. The topological polar surface area (TPSA) is 73.0 Å². The maximum Gasteiger partial charge on any atom is 0.265 e. The maximum absolute atomic E-state index is 13.0. The average Bonchev–Trinajstić information content (AvgIpc) is 2.64. The Morgan fingerprint density at radius 1 is 1.12 bits per heavy atom. The molecular weight excluding hydrogens is 352 g/mol. The highest BCUT2D eigenvalue weighted by atomic mass is 32.2. The van der Waals surface area contributed by atoms with E-state index in [1.165, 1.54) is 6.07 Å². The lowest BCUT2D eigenvalue weighted by Crippen LogP contribution is -2.52. The van der Waals surface area contributed by atoms with Crippen LogP contribution in [0.1, 0.15) is 36.5 Å². The van der Waals surface area contributed by atoms with Crippen molar-refractivity contribution in [3.05, 3.63) is 29.8 Å². The van der Waals surface area contributed by atoms with Crippen molar-refractivity contribution in [3.63, 3.8) is 0 Å². The smallest absolute Gasteiger partial charge is 0.265 e. The number of nitrogens with one attached hydrogen (secondary N) is 1. The van der Waals surface area contributed by atoms with Gasteiger partial charge in [0.1, 0.15) is 0 Å². The molecule has 0 aliphatic carbocycles. The second kappa shape index (κ2) is 8.04. The van der Waals surface area contributed by atoms with E-state index in [1.54, 1.807) is 22.5 Å². The molecule has 1 N–H and O–H groups in total. The number of carbonyl (C=O) groups excluding carboxylic acids is 1. The first-order valence-electron chi connectivity index (χ1n) is 9.24. The van der Waals surface area contributed by atoms with Crippen LogP contribution in [0.5, 0.6) is 0 Å². The first-order valence-corrected chi connectivity index (χ1v) is 10.7. The number of amides is 1. The molecule has 2 aliphatic heterocycles. The van der Waals surface area contributed by atoms with Crippen LogP contribution < -0.4 is 5.43 Å². The standard InChI is InChI=1S/C18H28N4O3S/c1-15-6-3-4-9-22(15)26(24,25)17-8-5-7-16(14-17)18(23)19-21-12-10-20(2)11-13-21/h5,7-8,14-15H,3-4,6,9-13H2,1-2H3,(H,19,23)/t15-/m1/s1. The molecule has 144 valence electrons. The number of hydrogen-bond donors (Lipinski definition) is 1. The number of carbonyl (C=O) groups is 1. The van der Waals surface area contributed by atoms with E-state index < -0.39 is 10.0 Å². The van der Waals surface area contributed by atoms with Crippen LogP contribution in [0.15, 0.2) is 29.2 Å². The first kappa shape index (κ1) is 19.3. The molecule has 2 saturated heterocycles. The Hall–Kier alpha value is -1.48. The van der Waals surface area contributed by atoms with Gasteiger partial charge in [-0.3, -0.25) is 10.2 Å². The number of hydrogen-bond acceptors (Lipinski definition) is 5. The summed E-state index contributed by atoms with van der Waals surface area (Å²) in [5.74, 6) is -0.265. The summed E-state index contributed by atoms with van der Waals surface area (Å²) < 4.78 is 27.5. The van der Waals surface area contributed by atoms with Gasteiger partial charge in [-0.25, -0.2) is 13.4 Å². The van der Waals surface area contributed by atoms with Crippen LogP contribution in [0.3, 0.4) is 0 Å². The number of likely N-dealkylation sites (N-methyl/N-ethyl adjacent to an activating group) is 1. The molecule has 2 aliphatic rings. The second-order valence-corrected chi connectivity index (χ2v) is 9.11. The van der Waals surface area contributed by atoms with Crippen molar-refractivity contribution in [2.45, 2.75) is 37.1 Å². The summed E-state index contributed by atoms with van der Waals surface area (Å²) in [5.41, 5.74) is 3.25. The van der Waals surface area contributed by atoms with Crippen LogP contribution in [0.4, 0.5) is 0 Å². The minimum atomic E-state index is -3.57. The summed E-state index contributed by atoms with van der Waals surface area (Å²) in [6.07, 6.45) is 2.82. The van der Waals surface area contributed by atoms with Crippen molar-refractivity contribution in [1.82, 2.24) is 19.6 Å². The number of benzene rings is 1. The molecule has 0 bridgehead atoms. The van der Waals surface area contributed by atoms with E-state index in [1.807, 2.05) is 11.9 Å². The van der Waals surface area contributed by atoms with Crippen molar-refractivity contribution < 1.29 is 13.2 Å². The predicted molar refractivity (Wildman–Crippen MR) is 100 cm³/mol. The fraction of sp³-hybridized carbons (Fsp3) is 0.611. The van der Waals surface area contributed by atoms with Gasteiger partial charge in [0.05, 0.1) is 4.90 Å². The van der Waals surface area contributed by atoms with Gasteiger partial charge in [0, 0.05) is 44.3 Å². The third kappa shape index (κ3) is 4.25. The molecule has 2 heterocycles. The lowest BCUT2D eigenvalue weighted by atomic mass is 10.1. The van der Waals surface area contributed by atoms with Gasteiger partial charge >= 0.3 is 0 Å². The summed E-state index contributed by atoms with van der Waals surface area (Å²) in [5, 5.41) is 1.89. The van der Waals surface area contributed by atoms with Gasteiger partial charge in [0.25, 0.3) is 5.91 Å². The molecule has 1 aromatic carbocycles. The zero-order valence-electron chi connectivity index (χ0n) is 15.5. The molecule has 1 atom stereocenters. The number of piperidine rings is 1. The van der Waals surface area contributed by atoms with Gasteiger partial charge in [-0.05, 0) is 45.0 Å². The number of nitrogens with zero attached hydrogens (tertiary/aromatic N) is 3. The Bertz CT molecular complexity index is 745. The average molecular weight is 381 g/mol. The maximum atomic E-state index is 13.0. The number of hydrazine groups is 1. The largest absolute Gasteiger partial charge is 0.304 e. The van der Waals surface area contributed by atoms with Crippen molar-refractivity contribution in [3.8, 4) is 0 Å². The van der Waals surface area contributed by atoms with Crippen molar-refractivity contribution in [2.24, 2.45) is 0 Å². The molecule has 0 unspecified atom stereocenters. The van der Waals surface area contributed by atoms with Gasteiger partial charge in [-0.1, -0.05) is 12.5 Å². The Balaban J connectivity index is 1.74.